The van der Waals surface area contributed by atoms with Crippen molar-refractivity contribution in [3.05, 3.63) is 180 Å². The van der Waals surface area contributed by atoms with Gasteiger partial charge in [-0.15, -0.1) is 11.3 Å². The second-order valence-corrected chi connectivity index (χ2v) is 15.4. The molecule has 2 aromatic heterocycles. The van der Waals surface area contributed by atoms with Crippen molar-refractivity contribution >= 4 is 43.5 Å². The van der Waals surface area contributed by atoms with Crippen molar-refractivity contribution in [2.24, 2.45) is 5.92 Å². The molecule has 2 atom stereocenters. The monoisotopic (exact) mass is 699 g/mol. The smallest absolute Gasteiger partial charge is 0.160 e. The topological polar surface area (TPSA) is 29.0 Å². The van der Waals surface area contributed by atoms with E-state index in [0.29, 0.717) is 5.92 Å². The Labute approximate surface area is 314 Å². The minimum atomic E-state index is 0.0969. The molecule has 0 saturated heterocycles. The molecule has 0 amide bonds. The lowest BCUT2D eigenvalue weighted by atomic mass is 9.84. The van der Waals surface area contributed by atoms with Gasteiger partial charge in [0, 0.05) is 50.0 Å². The maximum Gasteiger partial charge on any atom is 0.160 e. The summed E-state index contributed by atoms with van der Waals surface area (Å²) in [7, 11) is 2.26. The summed E-state index contributed by atoms with van der Waals surface area (Å²) in [6, 6.07) is 52.8. The first kappa shape index (κ1) is 31.6. The first-order valence-electron chi connectivity index (χ1n) is 18.4. The zero-order valence-corrected chi connectivity index (χ0v) is 30.5. The van der Waals surface area contributed by atoms with E-state index in [1.807, 2.05) is 17.4 Å². The molecule has 1 aliphatic carbocycles. The first-order chi connectivity index (χ1) is 26.1. The molecule has 0 bridgehead atoms. The number of thiophene rings is 1. The van der Waals surface area contributed by atoms with Gasteiger partial charge in [0.1, 0.15) is 0 Å². The summed E-state index contributed by atoms with van der Waals surface area (Å²) in [6.07, 6.45) is 7.59. The van der Waals surface area contributed by atoms with Crippen LogP contribution in [0.4, 0.5) is 5.69 Å². The molecule has 0 saturated carbocycles. The lowest BCUT2D eigenvalue weighted by molar-refractivity contribution is 0.746. The Morgan fingerprint density at radius 2 is 1.36 bits per heavy atom. The Balaban J connectivity index is 1.10. The number of allylic oxidation sites excluding steroid dienone is 4. The first-order valence-corrected chi connectivity index (χ1v) is 19.2. The van der Waals surface area contributed by atoms with E-state index >= 15 is 0 Å². The third-order valence-electron chi connectivity index (χ3n) is 10.9. The molecule has 3 heterocycles. The number of nitrogens with zero attached hydrogens (tertiary/aromatic N) is 3. The largest absolute Gasteiger partial charge is 0.362 e. The number of hydrogen-bond donors (Lipinski definition) is 0. The zero-order chi connectivity index (χ0) is 35.5. The molecule has 3 nitrogen and oxygen atoms in total. The highest BCUT2D eigenvalue weighted by atomic mass is 32.1. The quantitative estimate of drug-likeness (QED) is 0.179. The molecule has 254 valence electrons. The second-order valence-electron chi connectivity index (χ2n) is 14.3. The number of benzene rings is 6. The lowest BCUT2D eigenvalue weighted by Crippen LogP contribution is -2.28. The summed E-state index contributed by atoms with van der Waals surface area (Å²) >= 11 is 1.93. The van der Waals surface area contributed by atoms with Crippen LogP contribution in [0.5, 0.6) is 0 Å². The molecular formula is C49H37N3S. The fourth-order valence-electron chi connectivity index (χ4n) is 8.34. The Kier molecular flexibility index (Phi) is 7.66. The van der Waals surface area contributed by atoms with Crippen molar-refractivity contribution in [1.29, 1.82) is 0 Å². The second kappa shape index (κ2) is 12.8. The minimum Gasteiger partial charge on any atom is -0.362 e. The predicted octanol–water partition coefficient (Wildman–Crippen LogP) is 13.0. The van der Waals surface area contributed by atoms with Gasteiger partial charge in [0.2, 0.25) is 0 Å². The maximum atomic E-state index is 5.17. The molecule has 10 rings (SSSR count). The zero-order valence-electron chi connectivity index (χ0n) is 29.7. The van der Waals surface area contributed by atoms with Crippen LogP contribution in [0.3, 0.4) is 0 Å². The van der Waals surface area contributed by atoms with Gasteiger partial charge in [0.15, 0.2) is 5.82 Å². The maximum absolute atomic E-state index is 5.17. The van der Waals surface area contributed by atoms with Gasteiger partial charge in [-0.05, 0) is 63.6 Å². The number of fused-ring (bicyclic) bond motifs is 6. The predicted molar refractivity (Wildman–Crippen MR) is 224 cm³/mol. The highest BCUT2D eigenvalue weighted by Crippen LogP contribution is 2.56. The average molecular weight is 700 g/mol. The van der Waals surface area contributed by atoms with E-state index in [2.05, 4.69) is 177 Å². The van der Waals surface area contributed by atoms with E-state index in [0.717, 1.165) is 34.8 Å². The van der Waals surface area contributed by atoms with Crippen molar-refractivity contribution < 1.29 is 0 Å². The van der Waals surface area contributed by atoms with Crippen LogP contribution in [0.1, 0.15) is 35.5 Å². The molecule has 4 heteroatoms. The van der Waals surface area contributed by atoms with Crippen molar-refractivity contribution in [3.8, 4) is 44.9 Å². The summed E-state index contributed by atoms with van der Waals surface area (Å²) in [5.41, 5.74) is 12.9. The number of anilines is 1. The minimum absolute atomic E-state index is 0.0969. The van der Waals surface area contributed by atoms with E-state index in [1.54, 1.807) is 0 Å². The van der Waals surface area contributed by atoms with Gasteiger partial charge in [-0.3, -0.25) is 0 Å². The van der Waals surface area contributed by atoms with E-state index in [9.17, 15) is 0 Å². The van der Waals surface area contributed by atoms with Gasteiger partial charge in [0.25, 0.3) is 0 Å². The molecule has 2 aliphatic rings. The molecule has 53 heavy (non-hydrogen) atoms. The molecular weight excluding hydrogens is 663 g/mol. The lowest BCUT2D eigenvalue weighted by Gasteiger charge is -2.38. The van der Waals surface area contributed by atoms with Crippen LogP contribution >= 0.6 is 11.3 Å². The van der Waals surface area contributed by atoms with E-state index in [1.165, 1.54) is 64.8 Å². The summed E-state index contributed by atoms with van der Waals surface area (Å²) in [5.74, 6) is 1.22. The summed E-state index contributed by atoms with van der Waals surface area (Å²) in [6.45, 7) is 2.26. The summed E-state index contributed by atoms with van der Waals surface area (Å²) < 4.78 is 1.32. The standard InChI is InChI=1S/C49H37N3S/c1-31-13-10-18-36(29-31)42-30-41(34-15-4-3-5-16-34)50-49(51-42)35-27-25-33(26-28-35)38-21-12-23-43-45(38)46-40-20-8-9-24-44(40)53-48(46)47(52(43)2)39-22-11-17-32-14-6-7-19-37(32)39/h3-28,30-31,47H,29H2,1-2H3. The molecule has 0 radical (unpaired) electrons. The van der Waals surface area contributed by atoms with Crippen LogP contribution in [0, 0.1) is 5.92 Å². The SMILES string of the molecule is CC1C=CC=C(c2cc(-c3ccccc3)nc(-c3ccc(-c4cccc5c4-c4c(sc6ccccc46)C(c4cccc6ccccc46)N5C)cc3)n2)C1. The van der Waals surface area contributed by atoms with Gasteiger partial charge in [-0.25, -0.2) is 9.97 Å². The molecule has 8 aromatic rings. The highest BCUT2D eigenvalue weighted by Gasteiger charge is 2.35. The Hall–Kier alpha value is -6.10. The van der Waals surface area contributed by atoms with Crippen LogP contribution in [0.25, 0.3) is 71.3 Å². The number of hydrogen-bond acceptors (Lipinski definition) is 4. The van der Waals surface area contributed by atoms with Gasteiger partial charge in [0.05, 0.1) is 17.4 Å². The van der Waals surface area contributed by atoms with Gasteiger partial charge < -0.3 is 4.90 Å². The Bertz CT molecular complexity index is 2730. The molecule has 6 aromatic carbocycles. The molecule has 0 spiro atoms. The van der Waals surface area contributed by atoms with Gasteiger partial charge in [-0.2, -0.15) is 0 Å². The summed E-state index contributed by atoms with van der Waals surface area (Å²) in [4.78, 5) is 14.2. The third kappa shape index (κ3) is 5.41. The molecule has 0 fully saturated rings. The van der Waals surface area contributed by atoms with E-state index < -0.39 is 0 Å². The van der Waals surface area contributed by atoms with E-state index in [-0.39, 0.29) is 6.04 Å². The molecule has 2 unspecified atom stereocenters. The highest BCUT2D eigenvalue weighted by molar-refractivity contribution is 7.20. The summed E-state index contributed by atoms with van der Waals surface area (Å²) in [5, 5.41) is 3.89. The van der Waals surface area contributed by atoms with Crippen LogP contribution in [0.2, 0.25) is 0 Å². The fraction of sp³-hybridized carbons (Fsp3) is 0.102. The fourth-order valence-corrected chi connectivity index (χ4v) is 9.71. The van der Waals surface area contributed by atoms with Gasteiger partial charge in [-0.1, -0.05) is 153 Å². The Morgan fingerprint density at radius 3 is 2.21 bits per heavy atom. The van der Waals surface area contributed by atoms with Crippen LogP contribution in [0.15, 0.2) is 164 Å². The van der Waals surface area contributed by atoms with Crippen LogP contribution in [-0.4, -0.2) is 17.0 Å². The molecule has 0 N–H and O–H groups in total. The average Bonchev–Trinajstić information content (AvgIpc) is 3.60. The van der Waals surface area contributed by atoms with Crippen LogP contribution < -0.4 is 4.90 Å². The number of rotatable bonds is 5. The third-order valence-corrected chi connectivity index (χ3v) is 12.1. The van der Waals surface area contributed by atoms with Crippen molar-refractivity contribution in [2.45, 2.75) is 19.4 Å². The van der Waals surface area contributed by atoms with Crippen molar-refractivity contribution in [1.82, 2.24) is 9.97 Å². The number of aromatic nitrogens is 2. The molecule has 1 aliphatic heterocycles. The Morgan fingerprint density at radius 1 is 0.642 bits per heavy atom. The van der Waals surface area contributed by atoms with Crippen molar-refractivity contribution in [2.75, 3.05) is 11.9 Å². The normalized spacial score (nSPS) is 16.4. The van der Waals surface area contributed by atoms with Crippen LogP contribution in [-0.2, 0) is 0 Å². The van der Waals surface area contributed by atoms with Gasteiger partial charge >= 0.3 is 0 Å². The van der Waals surface area contributed by atoms with Crippen molar-refractivity contribution in [3.63, 3.8) is 0 Å². The van der Waals surface area contributed by atoms with E-state index in [4.69, 9.17) is 9.97 Å².